The third-order valence-corrected chi connectivity index (χ3v) is 4.39. The van der Waals surface area contributed by atoms with Crippen molar-refractivity contribution in [3.8, 4) is 0 Å². The Kier molecular flexibility index (Phi) is 4.32. The summed E-state index contributed by atoms with van der Waals surface area (Å²) in [6.45, 7) is 0.387. The van der Waals surface area contributed by atoms with Gasteiger partial charge in [-0.05, 0) is 36.2 Å². The molecule has 24 heavy (non-hydrogen) atoms. The molecule has 0 aliphatic heterocycles. The number of benzene rings is 1. The van der Waals surface area contributed by atoms with Crippen LogP contribution in [-0.2, 0) is 16.4 Å². The second-order valence-electron chi connectivity index (χ2n) is 5.19. The molecular formula is C16H15N3O4S. The molecule has 0 fully saturated rings. The van der Waals surface area contributed by atoms with Crippen LogP contribution < -0.4 is 10.5 Å². The Balaban J connectivity index is 1.58. The largest absolute Gasteiger partial charge is 0.449 e. The molecule has 3 aromatic rings. The zero-order valence-electron chi connectivity index (χ0n) is 12.6. The normalized spacial score (nSPS) is 11.5. The number of nitrogens with two attached hydrogens (primary N) is 1. The Labute approximate surface area is 138 Å². The van der Waals surface area contributed by atoms with E-state index in [0.717, 1.165) is 5.56 Å². The van der Waals surface area contributed by atoms with Gasteiger partial charge < -0.3 is 9.73 Å². The number of sulfonamides is 1. The van der Waals surface area contributed by atoms with Crippen molar-refractivity contribution in [3.63, 3.8) is 0 Å². The fourth-order valence-corrected chi connectivity index (χ4v) is 2.75. The number of furan rings is 1. The van der Waals surface area contributed by atoms with Gasteiger partial charge in [-0.3, -0.25) is 9.78 Å². The lowest BCUT2D eigenvalue weighted by molar-refractivity contribution is 0.0928. The minimum absolute atomic E-state index is 0.0602. The summed E-state index contributed by atoms with van der Waals surface area (Å²) in [6, 6.07) is 11.3. The summed E-state index contributed by atoms with van der Waals surface area (Å²) in [4.78, 5) is 16.2. The van der Waals surface area contributed by atoms with Crippen LogP contribution in [0.1, 0.15) is 16.1 Å². The SMILES string of the molecule is NS(=O)(=O)c1ccc(CCNC(=O)c2cc3ncccc3o2)cc1. The molecule has 2 aromatic heterocycles. The van der Waals surface area contributed by atoms with E-state index in [-0.39, 0.29) is 16.6 Å². The molecule has 1 aromatic carbocycles. The van der Waals surface area contributed by atoms with Gasteiger partial charge in [0.1, 0.15) is 5.52 Å². The maximum atomic E-state index is 12.1. The van der Waals surface area contributed by atoms with Crippen LogP contribution in [0.5, 0.6) is 0 Å². The van der Waals surface area contributed by atoms with Crippen LogP contribution in [0.3, 0.4) is 0 Å². The first-order valence-electron chi connectivity index (χ1n) is 7.18. The van der Waals surface area contributed by atoms with E-state index in [1.54, 1.807) is 36.5 Å². The summed E-state index contributed by atoms with van der Waals surface area (Å²) in [6.07, 6.45) is 2.18. The quantitative estimate of drug-likeness (QED) is 0.726. The Bertz CT molecular complexity index is 945. The van der Waals surface area contributed by atoms with E-state index in [4.69, 9.17) is 9.56 Å². The van der Waals surface area contributed by atoms with E-state index >= 15 is 0 Å². The lowest BCUT2D eigenvalue weighted by Crippen LogP contribution is -2.25. The fourth-order valence-electron chi connectivity index (χ4n) is 2.23. The fraction of sp³-hybridized carbons (Fsp3) is 0.125. The van der Waals surface area contributed by atoms with Gasteiger partial charge in [-0.1, -0.05) is 12.1 Å². The van der Waals surface area contributed by atoms with E-state index in [1.165, 1.54) is 12.1 Å². The molecule has 0 aliphatic rings. The molecule has 2 heterocycles. The van der Waals surface area contributed by atoms with E-state index < -0.39 is 10.0 Å². The highest BCUT2D eigenvalue weighted by molar-refractivity contribution is 7.89. The van der Waals surface area contributed by atoms with E-state index in [9.17, 15) is 13.2 Å². The molecule has 7 nitrogen and oxygen atoms in total. The summed E-state index contributed by atoms with van der Waals surface area (Å²) in [5.41, 5.74) is 2.07. The number of fused-ring (bicyclic) bond motifs is 1. The molecule has 8 heteroatoms. The first kappa shape index (κ1) is 16.2. The zero-order chi connectivity index (χ0) is 17.2. The molecule has 124 valence electrons. The molecule has 0 unspecified atom stereocenters. The highest BCUT2D eigenvalue weighted by atomic mass is 32.2. The van der Waals surface area contributed by atoms with Gasteiger partial charge in [0.2, 0.25) is 10.0 Å². The number of amides is 1. The van der Waals surface area contributed by atoms with Crippen LogP contribution in [0.25, 0.3) is 11.1 Å². The van der Waals surface area contributed by atoms with E-state index in [1.807, 2.05) is 0 Å². The predicted molar refractivity (Wildman–Crippen MR) is 87.9 cm³/mol. The third-order valence-electron chi connectivity index (χ3n) is 3.46. The first-order valence-corrected chi connectivity index (χ1v) is 8.72. The smallest absolute Gasteiger partial charge is 0.287 e. The van der Waals surface area contributed by atoms with Gasteiger partial charge in [0.25, 0.3) is 5.91 Å². The van der Waals surface area contributed by atoms with Crippen LogP contribution in [-0.4, -0.2) is 25.9 Å². The molecule has 0 atom stereocenters. The summed E-state index contributed by atoms with van der Waals surface area (Å²) >= 11 is 0. The van der Waals surface area contributed by atoms with Crippen LogP contribution in [0.4, 0.5) is 0 Å². The maximum absolute atomic E-state index is 12.1. The minimum atomic E-state index is -3.69. The molecular weight excluding hydrogens is 330 g/mol. The molecule has 0 bridgehead atoms. The average Bonchev–Trinajstić information content (AvgIpc) is 2.98. The number of hydrogen-bond donors (Lipinski definition) is 2. The van der Waals surface area contributed by atoms with E-state index in [2.05, 4.69) is 10.3 Å². The molecule has 3 N–H and O–H groups in total. The summed E-state index contributed by atoms with van der Waals surface area (Å²) < 4.78 is 27.8. The van der Waals surface area contributed by atoms with E-state index in [0.29, 0.717) is 24.1 Å². The van der Waals surface area contributed by atoms with Crippen LogP contribution >= 0.6 is 0 Å². The Morgan fingerprint density at radius 2 is 1.96 bits per heavy atom. The van der Waals surface area contributed by atoms with Crippen molar-refractivity contribution in [3.05, 3.63) is 60.0 Å². The number of rotatable bonds is 5. The summed E-state index contributed by atoms with van der Waals surface area (Å²) in [5.74, 6) is -0.123. The Hall–Kier alpha value is -2.71. The van der Waals surface area contributed by atoms with Crippen LogP contribution in [0.2, 0.25) is 0 Å². The predicted octanol–water partition coefficient (Wildman–Crippen LogP) is 1.45. The van der Waals surface area contributed by atoms with Crippen LogP contribution in [0, 0.1) is 0 Å². The van der Waals surface area contributed by atoms with Crippen molar-refractivity contribution in [2.24, 2.45) is 5.14 Å². The third kappa shape index (κ3) is 3.61. The molecule has 0 aliphatic carbocycles. The van der Waals surface area contributed by atoms with Crippen molar-refractivity contribution >= 4 is 27.0 Å². The van der Waals surface area contributed by atoms with Gasteiger partial charge >= 0.3 is 0 Å². The number of pyridine rings is 1. The molecule has 0 saturated carbocycles. The van der Waals surface area contributed by atoms with Gasteiger partial charge in [-0.25, -0.2) is 13.6 Å². The number of carbonyl (C=O) groups is 1. The Morgan fingerprint density at radius 1 is 1.21 bits per heavy atom. The van der Waals surface area contributed by atoms with Gasteiger partial charge in [0.15, 0.2) is 11.3 Å². The highest BCUT2D eigenvalue weighted by Crippen LogP contribution is 2.16. The average molecular weight is 345 g/mol. The maximum Gasteiger partial charge on any atom is 0.287 e. The molecule has 1 amide bonds. The molecule has 0 spiro atoms. The minimum Gasteiger partial charge on any atom is -0.449 e. The number of aromatic nitrogens is 1. The van der Waals surface area contributed by atoms with Crippen molar-refractivity contribution < 1.29 is 17.6 Å². The molecule has 3 rings (SSSR count). The number of carbonyl (C=O) groups excluding carboxylic acids is 1. The van der Waals surface area contributed by atoms with Gasteiger partial charge in [0, 0.05) is 18.8 Å². The zero-order valence-corrected chi connectivity index (χ0v) is 13.4. The molecule has 0 radical (unpaired) electrons. The summed E-state index contributed by atoms with van der Waals surface area (Å²) in [5, 5.41) is 7.79. The number of hydrogen-bond acceptors (Lipinski definition) is 5. The molecule has 0 saturated heterocycles. The van der Waals surface area contributed by atoms with Gasteiger partial charge in [-0.15, -0.1) is 0 Å². The van der Waals surface area contributed by atoms with Crippen molar-refractivity contribution in [1.82, 2.24) is 10.3 Å². The highest BCUT2D eigenvalue weighted by Gasteiger charge is 2.12. The monoisotopic (exact) mass is 345 g/mol. The van der Waals surface area contributed by atoms with Gasteiger partial charge in [-0.2, -0.15) is 0 Å². The van der Waals surface area contributed by atoms with Gasteiger partial charge in [0.05, 0.1) is 4.90 Å². The lowest BCUT2D eigenvalue weighted by atomic mass is 10.1. The second-order valence-corrected chi connectivity index (χ2v) is 6.75. The number of nitrogens with zero attached hydrogens (tertiary/aromatic N) is 1. The lowest BCUT2D eigenvalue weighted by Gasteiger charge is -2.04. The van der Waals surface area contributed by atoms with Crippen molar-refractivity contribution in [2.75, 3.05) is 6.54 Å². The van der Waals surface area contributed by atoms with Crippen molar-refractivity contribution in [2.45, 2.75) is 11.3 Å². The number of primary sulfonamides is 1. The Morgan fingerprint density at radius 3 is 2.62 bits per heavy atom. The summed E-state index contributed by atoms with van der Waals surface area (Å²) in [7, 11) is -3.69. The second kappa shape index (κ2) is 6.42. The van der Waals surface area contributed by atoms with Crippen molar-refractivity contribution in [1.29, 1.82) is 0 Å². The number of nitrogens with one attached hydrogen (secondary N) is 1. The van der Waals surface area contributed by atoms with Crippen LogP contribution in [0.15, 0.2) is 58.0 Å². The topological polar surface area (TPSA) is 115 Å². The standard InChI is InChI=1S/C16H15N3O4S/c17-24(21,22)12-5-3-11(4-6-12)7-9-19-16(20)15-10-13-14(23-15)2-1-8-18-13/h1-6,8,10H,7,9H2,(H,19,20)(H2,17,21,22). The first-order chi connectivity index (χ1) is 11.4.